The quantitative estimate of drug-likeness (QED) is 0.490. The van der Waals surface area contributed by atoms with Gasteiger partial charge < -0.3 is 14.7 Å². The van der Waals surface area contributed by atoms with Crippen LogP contribution in [0.3, 0.4) is 0 Å². The number of aliphatic hydroxyl groups is 1. The Morgan fingerprint density at radius 3 is 2.67 bits per heavy atom. The van der Waals surface area contributed by atoms with Gasteiger partial charge in [-0.1, -0.05) is 12.0 Å². The van der Waals surface area contributed by atoms with E-state index < -0.39 is 17.3 Å². The zero-order valence-electron chi connectivity index (χ0n) is 13.4. The lowest BCUT2D eigenvalue weighted by molar-refractivity contribution is -0.0653. The largest absolute Gasteiger partial charge is 0.444 e. The first kappa shape index (κ1) is 17.6. The van der Waals surface area contributed by atoms with Crippen LogP contribution in [-0.4, -0.2) is 46.4 Å². The summed E-state index contributed by atoms with van der Waals surface area (Å²) in [6.45, 7) is 7.79. The van der Waals surface area contributed by atoms with Crippen LogP contribution in [0.4, 0.5) is 4.79 Å². The number of carbonyl (C=O) groups excluding carboxylic acids is 1. The van der Waals surface area contributed by atoms with Crippen molar-refractivity contribution in [3.63, 3.8) is 0 Å². The smallest absolute Gasteiger partial charge is 0.410 e. The van der Waals surface area contributed by atoms with Crippen LogP contribution < -0.4 is 0 Å². The fourth-order valence-electron chi connectivity index (χ4n) is 2.64. The van der Waals surface area contributed by atoms with Crippen molar-refractivity contribution >= 4 is 6.09 Å². The number of nitrogens with zero attached hydrogens (tertiary/aromatic N) is 4. The van der Waals surface area contributed by atoms with Crippen LogP contribution in [0.5, 0.6) is 0 Å². The van der Waals surface area contributed by atoms with Crippen LogP contribution in [0, 0.1) is 0 Å². The molecule has 0 aromatic carbocycles. The summed E-state index contributed by atoms with van der Waals surface area (Å²) in [7, 11) is 0. The van der Waals surface area contributed by atoms with E-state index in [4.69, 9.17) is 10.3 Å². The van der Waals surface area contributed by atoms with Crippen LogP contribution in [0.15, 0.2) is 5.11 Å². The SMILES string of the molecule is CCC(O)(CN=[N+]=[N-])C1CCCCN1C(=O)OC(C)(C)C. The molecule has 1 saturated heterocycles. The number of piperidine rings is 1. The summed E-state index contributed by atoms with van der Waals surface area (Å²) in [5, 5.41) is 14.3. The monoisotopic (exact) mass is 298 g/mol. The number of likely N-dealkylation sites (tertiary alicyclic amines) is 1. The van der Waals surface area contributed by atoms with Gasteiger partial charge in [0.25, 0.3) is 0 Å². The van der Waals surface area contributed by atoms with Crippen molar-refractivity contribution in [2.75, 3.05) is 13.1 Å². The Labute approximate surface area is 125 Å². The maximum atomic E-state index is 12.3. The molecule has 0 aliphatic carbocycles. The number of rotatable bonds is 4. The molecule has 0 radical (unpaired) electrons. The fraction of sp³-hybridized carbons (Fsp3) is 0.929. The van der Waals surface area contributed by atoms with E-state index in [9.17, 15) is 9.90 Å². The molecule has 1 rings (SSSR count). The van der Waals surface area contributed by atoms with Crippen LogP contribution in [0.1, 0.15) is 53.4 Å². The van der Waals surface area contributed by atoms with Gasteiger partial charge in [-0.25, -0.2) is 4.79 Å². The predicted molar refractivity (Wildman–Crippen MR) is 79.8 cm³/mol. The van der Waals surface area contributed by atoms with Crippen molar-refractivity contribution in [1.82, 2.24) is 4.90 Å². The summed E-state index contributed by atoms with van der Waals surface area (Å²) in [5.74, 6) is 0. The molecule has 7 heteroatoms. The zero-order chi connectivity index (χ0) is 16.1. The number of hydrogen-bond acceptors (Lipinski definition) is 4. The molecule has 7 nitrogen and oxygen atoms in total. The minimum Gasteiger partial charge on any atom is -0.444 e. The second-order valence-electron chi connectivity index (χ2n) is 6.53. The molecular formula is C14H26N4O3. The van der Waals surface area contributed by atoms with E-state index >= 15 is 0 Å². The summed E-state index contributed by atoms with van der Waals surface area (Å²) < 4.78 is 5.42. The van der Waals surface area contributed by atoms with Gasteiger partial charge >= 0.3 is 6.09 Å². The first-order valence-corrected chi connectivity index (χ1v) is 7.46. The average Bonchev–Trinajstić information content (AvgIpc) is 2.43. The van der Waals surface area contributed by atoms with Crippen molar-refractivity contribution in [3.05, 3.63) is 10.4 Å². The molecule has 0 saturated carbocycles. The van der Waals surface area contributed by atoms with Gasteiger partial charge in [-0.15, -0.1) is 0 Å². The standard InChI is InChI=1S/C14H26N4O3/c1-5-14(20,10-16-17-15)11-8-6-7-9-18(11)12(19)21-13(2,3)4/h11,20H,5-10H2,1-4H3. The second-order valence-corrected chi connectivity index (χ2v) is 6.53. The van der Waals surface area contributed by atoms with Gasteiger partial charge in [0.2, 0.25) is 0 Å². The van der Waals surface area contributed by atoms with Crippen molar-refractivity contribution < 1.29 is 14.6 Å². The topological polar surface area (TPSA) is 98.5 Å². The van der Waals surface area contributed by atoms with E-state index in [1.54, 1.807) is 4.90 Å². The molecule has 2 unspecified atom stereocenters. The molecule has 120 valence electrons. The van der Waals surface area contributed by atoms with Crippen LogP contribution in [-0.2, 0) is 4.74 Å². The highest BCUT2D eigenvalue weighted by atomic mass is 16.6. The highest BCUT2D eigenvalue weighted by Crippen LogP contribution is 2.30. The molecule has 2 atom stereocenters. The van der Waals surface area contributed by atoms with E-state index in [1.165, 1.54) is 0 Å². The Morgan fingerprint density at radius 1 is 1.48 bits per heavy atom. The third kappa shape index (κ3) is 4.79. The average molecular weight is 298 g/mol. The minimum absolute atomic E-state index is 0.0377. The van der Waals surface area contributed by atoms with Gasteiger partial charge in [-0.05, 0) is 52.0 Å². The van der Waals surface area contributed by atoms with Gasteiger partial charge in [0.1, 0.15) is 5.60 Å². The molecular weight excluding hydrogens is 272 g/mol. The molecule has 1 N–H and O–H groups in total. The maximum absolute atomic E-state index is 12.3. The van der Waals surface area contributed by atoms with E-state index in [1.807, 2.05) is 27.7 Å². The molecule has 0 aromatic heterocycles. The third-order valence-electron chi connectivity index (χ3n) is 3.77. The van der Waals surface area contributed by atoms with E-state index in [-0.39, 0.29) is 12.6 Å². The number of amides is 1. The van der Waals surface area contributed by atoms with E-state index in [0.717, 1.165) is 12.8 Å². The van der Waals surface area contributed by atoms with Crippen molar-refractivity contribution in [2.45, 2.75) is 70.6 Å². The molecule has 1 aliphatic heterocycles. The molecule has 1 fully saturated rings. The second kappa shape index (κ2) is 7.00. The molecule has 1 aliphatic rings. The Balaban J connectivity index is 2.94. The summed E-state index contributed by atoms with van der Waals surface area (Å²) in [6, 6.07) is -0.378. The Bertz CT molecular complexity index is 415. The lowest BCUT2D eigenvalue weighted by Crippen LogP contribution is -2.58. The Kier molecular flexibility index (Phi) is 5.87. The molecule has 0 bridgehead atoms. The van der Waals surface area contributed by atoms with Gasteiger partial charge in [-0.3, -0.25) is 0 Å². The molecule has 0 spiro atoms. The number of azide groups is 1. The molecule has 1 heterocycles. The van der Waals surface area contributed by atoms with Crippen LogP contribution in [0.25, 0.3) is 10.4 Å². The summed E-state index contributed by atoms with van der Waals surface area (Å²) in [4.78, 5) is 16.7. The Morgan fingerprint density at radius 2 is 2.14 bits per heavy atom. The van der Waals surface area contributed by atoms with Crippen LogP contribution >= 0.6 is 0 Å². The van der Waals surface area contributed by atoms with E-state index in [0.29, 0.717) is 19.4 Å². The van der Waals surface area contributed by atoms with Gasteiger partial charge in [-0.2, -0.15) is 0 Å². The van der Waals surface area contributed by atoms with Crippen molar-refractivity contribution in [2.24, 2.45) is 5.11 Å². The highest BCUT2D eigenvalue weighted by Gasteiger charge is 2.42. The summed E-state index contributed by atoms with van der Waals surface area (Å²) in [6.07, 6.45) is 2.50. The van der Waals surface area contributed by atoms with E-state index in [2.05, 4.69) is 10.0 Å². The number of ether oxygens (including phenoxy) is 1. The van der Waals surface area contributed by atoms with Crippen LogP contribution in [0.2, 0.25) is 0 Å². The predicted octanol–water partition coefficient (Wildman–Crippen LogP) is 3.23. The normalized spacial score (nSPS) is 22.1. The number of carbonyl (C=O) groups is 1. The first-order chi connectivity index (χ1) is 9.73. The molecule has 0 aromatic rings. The minimum atomic E-state index is -1.20. The summed E-state index contributed by atoms with van der Waals surface area (Å²) >= 11 is 0. The highest BCUT2D eigenvalue weighted by molar-refractivity contribution is 5.69. The molecule has 1 amide bonds. The van der Waals surface area contributed by atoms with Gasteiger partial charge in [0.15, 0.2) is 0 Å². The third-order valence-corrected chi connectivity index (χ3v) is 3.77. The van der Waals surface area contributed by atoms with Crippen molar-refractivity contribution in [3.8, 4) is 0 Å². The maximum Gasteiger partial charge on any atom is 0.410 e. The lowest BCUT2D eigenvalue weighted by Gasteiger charge is -2.44. The van der Waals surface area contributed by atoms with Crippen molar-refractivity contribution in [1.29, 1.82) is 0 Å². The first-order valence-electron chi connectivity index (χ1n) is 7.46. The fourth-order valence-corrected chi connectivity index (χ4v) is 2.64. The summed E-state index contributed by atoms with van der Waals surface area (Å²) in [5.41, 5.74) is 6.71. The zero-order valence-corrected chi connectivity index (χ0v) is 13.4. The van der Waals surface area contributed by atoms with Gasteiger partial charge in [0, 0.05) is 11.5 Å². The van der Waals surface area contributed by atoms with Gasteiger partial charge in [0.05, 0.1) is 18.2 Å². The Hall–Kier alpha value is -1.46. The molecule has 21 heavy (non-hydrogen) atoms. The lowest BCUT2D eigenvalue weighted by atomic mass is 9.84. The number of hydrogen-bond donors (Lipinski definition) is 1.